The van der Waals surface area contributed by atoms with Crippen molar-refractivity contribution in [2.45, 2.75) is 30.6 Å². The van der Waals surface area contributed by atoms with Crippen LogP contribution >= 0.6 is 0 Å². The zero-order valence-corrected chi connectivity index (χ0v) is 11.0. The van der Waals surface area contributed by atoms with Gasteiger partial charge in [-0.25, -0.2) is 4.79 Å². The van der Waals surface area contributed by atoms with Crippen molar-refractivity contribution in [3.63, 3.8) is 0 Å². The van der Waals surface area contributed by atoms with E-state index < -0.39 is 47.8 Å². The lowest BCUT2D eigenvalue weighted by atomic mass is 10.0. The van der Waals surface area contributed by atoms with Crippen molar-refractivity contribution >= 4 is 5.97 Å². The second kappa shape index (κ2) is 5.77. The summed E-state index contributed by atoms with van der Waals surface area (Å²) >= 11 is 0. The molecule has 5 N–H and O–H groups in total. The Hall–Kier alpha value is -2.01. The normalized spacial score (nSPS) is 30.2. The second-order valence-corrected chi connectivity index (χ2v) is 4.59. The summed E-state index contributed by atoms with van der Waals surface area (Å²) in [6.45, 7) is 0. The largest absolute Gasteiger partial charge is 0.480 e. The van der Waals surface area contributed by atoms with Crippen molar-refractivity contribution in [3.8, 4) is 0 Å². The van der Waals surface area contributed by atoms with E-state index in [-0.39, 0.29) is 0 Å². The van der Waals surface area contributed by atoms with Crippen molar-refractivity contribution in [1.82, 2.24) is 14.9 Å². The summed E-state index contributed by atoms with van der Waals surface area (Å²) in [6.07, 6.45) is -4.49. The minimum Gasteiger partial charge on any atom is -0.480 e. The molecular formula is C11H15N3O7. The molecule has 2 heterocycles. The lowest BCUT2D eigenvalue weighted by molar-refractivity contribution is -0.146. The van der Waals surface area contributed by atoms with E-state index in [0.29, 0.717) is 0 Å². The molecule has 10 nitrogen and oxygen atoms in total. The van der Waals surface area contributed by atoms with Crippen molar-refractivity contribution in [1.29, 1.82) is 0 Å². The fraction of sp³-hybridized carbons (Fsp3) is 0.545. The molecule has 0 amide bonds. The number of aliphatic hydroxyl groups is 2. The molecule has 1 fully saturated rings. The molecule has 0 saturated carbocycles. The van der Waals surface area contributed by atoms with Gasteiger partial charge in [-0.2, -0.15) is 0 Å². The van der Waals surface area contributed by atoms with E-state index in [1.165, 1.54) is 7.05 Å². The molecule has 0 aromatic carbocycles. The van der Waals surface area contributed by atoms with Gasteiger partial charge in [0.2, 0.25) is 0 Å². The van der Waals surface area contributed by atoms with Gasteiger partial charge in [0.1, 0.15) is 24.4 Å². The average Bonchev–Trinajstić information content (AvgIpc) is 2.68. The van der Waals surface area contributed by atoms with Gasteiger partial charge in [-0.3, -0.25) is 19.1 Å². The number of nitrogens with zero attached hydrogens (tertiary/aromatic N) is 1. The number of carboxylic acids is 1. The van der Waals surface area contributed by atoms with Gasteiger partial charge in [0.15, 0.2) is 6.23 Å². The molecule has 1 aromatic rings. The van der Waals surface area contributed by atoms with Crippen LogP contribution < -0.4 is 16.6 Å². The highest BCUT2D eigenvalue weighted by Crippen LogP contribution is 2.30. The van der Waals surface area contributed by atoms with Gasteiger partial charge in [0, 0.05) is 12.3 Å². The Morgan fingerprint density at radius 2 is 2.10 bits per heavy atom. The fourth-order valence-corrected chi connectivity index (χ4v) is 2.25. The monoisotopic (exact) mass is 301 g/mol. The number of aromatic nitrogens is 2. The molecule has 0 bridgehead atoms. The van der Waals surface area contributed by atoms with E-state index in [1.54, 1.807) is 0 Å². The molecule has 0 radical (unpaired) electrons. The zero-order chi connectivity index (χ0) is 15.7. The first-order valence-corrected chi connectivity index (χ1v) is 6.10. The smallest absolute Gasteiger partial charge is 0.330 e. The molecule has 1 aromatic heterocycles. The lowest BCUT2D eigenvalue weighted by Gasteiger charge is -2.21. The molecule has 116 valence electrons. The highest BCUT2D eigenvalue weighted by molar-refractivity contribution is 5.74. The van der Waals surface area contributed by atoms with E-state index in [4.69, 9.17) is 9.84 Å². The van der Waals surface area contributed by atoms with Crippen LogP contribution in [0.1, 0.15) is 6.23 Å². The number of aromatic amines is 1. The second-order valence-electron chi connectivity index (χ2n) is 4.59. The van der Waals surface area contributed by atoms with E-state index in [2.05, 4.69) is 5.32 Å². The number of aliphatic carboxylic acids is 1. The summed E-state index contributed by atoms with van der Waals surface area (Å²) in [5.41, 5.74) is -1.46. The molecule has 0 spiro atoms. The minimum absolute atomic E-state index is 0.625. The number of hydrogen-bond donors (Lipinski definition) is 5. The number of carbonyl (C=O) groups is 1. The molecule has 1 aliphatic heterocycles. The van der Waals surface area contributed by atoms with Crippen molar-refractivity contribution in [3.05, 3.63) is 33.1 Å². The predicted octanol–water partition coefficient (Wildman–Crippen LogP) is -3.17. The first-order chi connectivity index (χ1) is 9.86. The maximum atomic E-state index is 11.7. The molecule has 0 unspecified atom stereocenters. The molecule has 1 aliphatic rings. The predicted molar refractivity (Wildman–Crippen MR) is 67.7 cm³/mol. The Bertz CT molecular complexity index is 639. The summed E-state index contributed by atoms with van der Waals surface area (Å²) in [7, 11) is 1.36. The lowest BCUT2D eigenvalue weighted by Crippen LogP contribution is -2.49. The number of rotatable bonds is 4. The molecule has 1 saturated heterocycles. The van der Waals surface area contributed by atoms with Crippen molar-refractivity contribution in [2.75, 3.05) is 7.05 Å². The van der Waals surface area contributed by atoms with Crippen LogP contribution in [0.3, 0.4) is 0 Å². The van der Waals surface area contributed by atoms with Crippen LogP contribution in [0.25, 0.3) is 0 Å². The summed E-state index contributed by atoms with van der Waals surface area (Å²) in [6, 6.07) is -0.220. The standard InChI is InChI=1S/C11H15N3O7/c1-12-5(10(18)19)8-6(16)7(17)9(21-8)14-3-2-4(15)13-11(14)20/h2-3,5-9,12,16-17H,1H3,(H,18,19)(H,13,15,20)/t5-,6-,7+,8+,9+/m0/s1. The Kier molecular flexibility index (Phi) is 4.23. The number of ether oxygens (including phenoxy) is 1. The molecule has 5 atom stereocenters. The number of H-pyrrole nitrogens is 1. The summed E-state index contributed by atoms with van der Waals surface area (Å²) < 4.78 is 6.18. The van der Waals surface area contributed by atoms with Gasteiger partial charge in [-0.1, -0.05) is 0 Å². The first kappa shape index (κ1) is 15.4. The highest BCUT2D eigenvalue weighted by atomic mass is 16.6. The summed E-state index contributed by atoms with van der Waals surface area (Å²) in [5.74, 6) is -1.27. The number of carboxylic acid groups (broad SMARTS) is 1. The van der Waals surface area contributed by atoms with E-state index in [0.717, 1.165) is 16.8 Å². The van der Waals surface area contributed by atoms with Gasteiger partial charge in [0.25, 0.3) is 5.56 Å². The third-order valence-electron chi connectivity index (χ3n) is 3.31. The average molecular weight is 301 g/mol. The number of likely N-dealkylation sites (N-methyl/N-ethyl adjacent to an activating group) is 1. The summed E-state index contributed by atoms with van der Waals surface area (Å²) in [5, 5.41) is 31.4. The van der Waals surface area contributed by atoms with Crippen LogP contribution in [-0.2, 0) is 9.53 Å². The van der Waals surface area contributed by atoms with Crippen LogP contribution in [-0.4, -0.2) is 62.2 Å². The SMILES string of the molecule is CN[C@H](C(=O)O)[C@H]1O[C@@H](n2ccc(=O)[nH]c2=O)[C@H](O)[C@@H]1O. The van der Waals surface area contributed by atoms with Crippen molar-refractivity contribution in [2.24, 2.45) is 0 Å². The Morgan fingerprint density at radius 3 is 2.62 bits per heavy atom. The highest BCUT2D eigenvalue weighted by Gasteiger charge is 2.49. The molecule has 0 aliphatic carbocycles. The van der Waals surface area contributed by atoms with Crippen LogP contribution in [0.2, 0.25) is 0 Å². The van der Waals surface area contributed by atoms with Gasteiger partial charge < -0.3 is 25.4 Å². The number of aliphatic hydroxyl groups excluding tert-OH is 2. The number of hydrogen-bond acceptors (Lipinski definition) is 7. The van der Waals surface area contributed by atoms with E-state index in [9.17, 15) is 24.6 Å². The molecular weight excluding hydrogens is 286 g/mol. The van der Waals surface area contributed by atoms with Gasteiger partial charge in [-0.15, -0.1) is 0 Å². The van der Waals surface area contributed by atoms with Gasteiger partial charge in [-0.05, 0) is 7.05 Å². The maximum absolute atomic E-state index is 11.7. The van der Waals surface area contributed by atoms with E-state index in [1.807, 2.05) is 4.98 Å². The van der Waals surface area contributed by atoms with Crippen LogP contribution in [0.5, 0.6) is 0 Å². The zero-order valence-electron chi connectivity index (χ0n) is 11.0. The minimum atomic E-state index is -1.52. The maximum Gasteiger partial charge on any atom is 0.330 e. The topological polar surface area (TPSA) is 154 Å². The van der Waals surface area contributed by atoms with Crippen molar-refractivity contribution < 1.29 is 24.9 Å². The van der Waals surface area contributed by atoms with Gasteiger partial charge in [0.05, 0.1) is 0 Å². The molecule has 10 heteroatoms. The number of nitrogens with one attached hydrogen (secondary N) is 2. The summed E-state index contributed by atoms with van der Waals surface area (Å²) in [4.78, 5) is 35.7. The third kappa shape index (κ3) is 2.74. The Balaban J connectivity index is 2.33. The van der Waals surface area contributed by atoms with E-state index >= 15 is 0 Å². The Morgan fingerprint density at radius 1 is 1.43 bits per heavy atom. The first-order valence-electron chi connectivity index (χ1n) is 6.10. The van der Waals surface area contributed by atoms with Crippen LogP contribution in [0.4, 0.5) is 0 Å². The third-order valence-corrected chi connectivity index (χ3v) is 3.31. The van der Waals surface area contributed by atoms with Crippen LogP contribution in [0, 0.1) is 0 Å². The van der Waals surface area contributed by atoms with Crippen LogP contribution in [0.15, 0.2) is 21.9 Å². The fourth-order valence-electron chi connectivity index (χ4n) is 2.25. The quantitative estimate of drug-likeness (QED) is 0.390. The Labute approximate surface area is 117 Å². The molecule has 21 heavy (non-hydrogen) atoms. The van der Waals surface area contributed by atoms with Gasteiger partial charge >= 0.3 is 11.7 Å². The molecule has 2 rings (SSSR count).